The number of carbonyl (C=O) groups is 2. The molecular weight excluding hydrogens is 300 g/mol. The zero-order valence-electron chi connectivity index (χ0n) is 12.6. The molecule has 24 heavy (non-hydrogen) atoms. The maximum atomic E-state index is 12.5. The molecule has 1 aliphatic rings. The molecule has 1 aliphatic heterocycles. The number of hydrogen-bond donors (Lipinski definition) is 2. The third kappa shape index (κ3) is 1.62. The van der Waals surface area contributed by atoms with Crippen molar-refractivity contribution >= 4 is 33.6 Å². The van der Waals surface area contributed by atoms with Crippen molar-refractivity contribution in [3.05, 3.63) is 71.8 Å². The van der Waals surface area contributed by atoms with E-state index in [4.69, 9.17) is 0 Å². The van der Waals surface area contributed by atoms with Crippen LogP contribution in [0.1, 0.15) is 20.7 Å². The minimum absolute atomic E-state index is 0.331. The van der Waals surface area contributed by atoms with Crippen molar-refractivity contribution in [2.75, 3.05) is 0 Å². The fourth-order valence-electron chi connectivity index (χ4n) is 3.55. The number of benzene rings is 3. The molecule has 4 heteroatoms. The first-order valence-electron chi connectivity index (χ1n) is 7.72. The van der Waals surface area contributed by atoms with Gasteiger partial charge in [-0.05, 0) is 23.3 Å². The second-order valence-electron chi connectivity index (χ2n) is 5.92. The molecule has 1 aromatic heterocycles. The van der Waals surface area contributed by atoms with E-state index in [9.17, 15) is 9.59 Å². The van der Waals surface area contributed by atoms with Crippen molar-refractivity contribution < 1.29 is 9.59 Å². The Bertz CT molecular complexity index is 1160. The molecule has 3 aromatic carbocycles. The maximum absolute atomic E-state index is 12.5. The van der Waals surface area contributed by atoms with Crippen LogP contribution in [0.5, 0.6) is 0 Å². The molecule has 2 amide bonds. The van der Waals surface area contributed by atoms with Crippen LogP contribution in [0.3, 0.4) is 0 Å². The predicted molar refractivity (Wildman–Crippen MR) is 93.0 cm³/mol. The first-order valence-corrected chi connectivity index (χ1v) is 7.72. The summed E-state index contributed by atoms with van der Waals surface area (Å²) in [5, 5.41) is 4.21. The number of fused-ring (bicyclic) bond motifs is 5. The van der Waals surface area contributed by atoms with Crippen molar-refractivity contribution in [2.45, 2.75) is 0 Å². The van der Waals surface area contributed by atoms with Gasteiger partial charge in [0.15, 0.2) is 0 Å². The average Bonchev–Trinajstić information content (AvgIpc) is 3.12. The number of aromatic nitrogens is 1. The molecule has 0 atom stereocenters. The molecule has 0 radical (unpaired) electrons. The monoisotopic (exact) mass is 312 g/mol. The summed E-state index contributed by atoms with van der Waals surface area (Å²) in [5.41, 5.74) is 4.43. The largest absolute Gasteiger partial charge is 0.354 e. The van der Waals surface area contributed by atoms with Crippen LogP contribution in [-0.2, 0) is 0 Å². The summed E-state index contributed by atoms with van der Waals surface area (Å²) >= 11 is 0. The van der Waals surface area contributed by atoms with Gasteiger partial charge in [-0.15, -0.1) is 0 Å². The Kier molecular flexibility index (Phi) is 2.48. The number of para-hydroxylation sites is 1. The van der Waals surface area contributed by atoms with Gasteiger partial charge >= 0.3 is 0 Å². The molecule has 0 unspecified atom stereocenters. The van der Waals surface area contributed by atoms with E-state index in [0.29, 0.717) is 11.1 Å². The zero-order valence-corrected chi connectivity index (χ0v) is 12.6. The van der Waals surface area contributed by atoms with Gasteiger partial charge in [-0.1, -0.05) is 48.5 Å². The highest BCUT2D eigenvalue weighted by Crippen LogP contribution is 2.38. The van der Waals surface area contributed by atoms with E-state index >= 15 is 0 Å². The minimum atomic E-state index is -0.332. The summed E-state index contributed by atoms with van der Waals surface area (Å²) in [7, 11) is 0. The zero-order chi connectivity index (χ0) is 16.3. The molecule has 0 saturated heterocycles. The van der Waals surface area contributed by atoms with Gasteiger partial charge in [0.2, 0.25) is 0 Å². The van der Waals surface area contributed by atoms with E-state index < -0.39 is 0 Å². The molecule has 0 saturated carbocycles. The third-order valence-corrected chi connectivity index (χ3v) is 4.56. The Labute approximate surface area is 137 Å². The van der Waals surface area contributed by atoms with Crippen LogP contribution in [0, 0.1) is 0 Å². The third-order valence-electron chi connectivity index (χ3n) is 4.56. The van der Waals surface area contributed by atoms with Crippen molar-refractivity contribution in [1.29, 1.82) is 0 Å². The van der Waals surface area contributed by atoms with Crippen LogP contribution in [-0.4, -0.2) is 16.8 Å². The van der Waals surface area contributed by atoms with Crippen LogP contribution in [0.4, 0.5) is 0 Å². The first-order chi connectivity index (χ1) is 11.7. The Balaban J connectivity index is 2.00. The van der Waals surface area contributed by atoms with E-state index in [1.54, 1.807) is 0 Å². The predicted octanol–water partition coefficient (Wildman–Crippen LogP) is 3.87. The van der Waals surface area contributed by atoms with Gasteiger partial charge in [0.05, 0.1) is 11.1 Å². The summed E-state index contributed by atoms with van der Waals surface area (Å²) in [6, 6.07) is 19.4. The summed E-state index contributed by atoms with van der Waals surface area (Å²) in [6.45, 7) is 0. The van der Waals surface area contributed by atoms with Crippen LogP contribution >= 0.6 is 0 Å². The van der Waals surface area contributed by atoms with Crippen molar-refractivity contribution in [1.82, 2.24) is 10.3 Å². The molecular formula is C20H12N2O2. The molecule has 2 heterocycles. The number of aromatic amines is 1. The second kappa shape index (κ2) is 4.55. The SMILES string of the molecule is O=C1NC(=O)c2c1c(-c1ccccc1)cc1[nH]c3ccccc3c21. The van der Waals surface area contributed by atoms with Crippen LogP contribution in [0.15, 0.2) is 60.7 Å². The Morgan fingerprint density at radius 3 is 2.25 bits per heavy atom. The number of hydrogen-bond acceptors (Lipinski definition) is 2. The molecule has 0 bridgehead atoms. The highest BCUT2D eigenvalue weighted by Gasteiger charge is 2.33. The quantitative estimate of drug-likeness (QED) is 0.524. The molecule has 0 fully saturated rings. The van der Waals surface area contributed by atoms with E-state index in [-0.39, 0.29) is 11.8 Å². The standard InChI is InChI=1S/C20H12N2O2/c23-19-17-13(11-6-2-1-3-7-11)10-15-16(18(17)20(24)22-19)12-8-4-5-9-14(12)21-15/h1-10,21H,(H,22,23,24). The fourth-order valence-corrected chi connectivity index (χ4v) is 3.55. The maximum Gasteiger partial charge on any atom is 0.259 e. The Morgan fingerprint density at radius 1 is 0.708 bits per heavy atom. The number of nitrogens with one attached hydrogen (secondary N) is 2. The van der Waals surface area contributed by atoms with Crippen LogP contribution in [0.25, 0.3) is 32.9 Å². The lowest BCUT2D eigenvalue weighted by molar-refractivity contribution is 0.0880. The van der Waals surface area contributed by atoms with E-state index in [2.05, 4.69) is 10.3 Å². The summed E-state index contributed by atoms with van der Waals surface area (Å²) in [5.74, 6) is -0.663. The van der Waals surface area contributed by atoms with Gasteiger partial charge in [0, 0.05) is 21.8 Å². The Morgan fingerprint density at radius 2 is 1.42 bits per heavy atom. The number of rotatable bonds is 1. The molecule has 0 aliphatic carbocycles. The van der Waals surface area contributed by atoms with Crippen molar-refractivity contribution in [3.8, 4) is 11.1 Å². The Hall–Kier alpha value is -3.40. The average molecular weight is 312 g/mol. The van der Waals surface area contributed by atoms with Crippen molar-refractivity contribution in [3.63, 3.8) is 0 Å². The lowest BCUT2D eigenvalue weighted by Crippen LogP contribution is -2.20. The minimum Gasteiger partial charge on any atom is -0.354 e. The normalized spacial score (nSPS) is 13.5. The smallest absolute Gasteiger partial charge is 0.259 e. The van der Waals surface area contributed by atoms with Crippen LogP contribution < -0.4 is 5.32 Å². The van der Waals surface area contributed by atoms with Gasteiger partial charge in [0.25, 0.3) is 11.8 Å². The van der Waals surface area contributed by atoms with E-state index in [1.165, 1.54) is 0 Å². The molecule has 2 N–H and O–H groups in total. The van der Waals surface area contributed by atoms with Gasteiger partial charge in [-0.3, -0.25) is 14.9 Å². The topological polar surface area (TPSA) is 62.0 Å². The molecule has 0 spiro atoms. The first kappa shape index (κ1) is 13.1. The van der Waals surface area contributed by atoms with Crippen LogP contribution in [0.2, 0.25) is 0 Å². The van der Waals surface area contributed by atoms with E-state index in [1.807, 2.05) is 60.7 Å². The number of carbonyl (C=O) groups excluding carboxylic acids is 2. The van der Waals surface area contributed by atoms with Gasteiger partial charge in [0.1, 0.15) is 0 Å². The van der Waals surface area contributed by atoms with Crippen molar-refractivity contribution in [2.24, 2.45) is 0 Å². The van der Waals surface area contributed by atoms with Gasteiger partial charge in [-0.2, -0.15) is 0 Å². The summed E-state index contributed by atoms with van der Waals surface area (Å²) in [4.78, 5) is 28.3. The van der Waals surface area contributed by atoms with Gasteiger partial charge < -0.3 is 4.98 Å². The molecule has 4 nitrogen and oxygen atoms in total. The number of H-pyrrole nitrogens is 1. The molecule has 114 valence electrons. The number of amides is 2. The van der Waals surface area contributed by atoms with E-state index in [0.717, 1.165) is 32.9 Å². The van der Waals surface area contributed by atoms with Gasteiger partial charge in [-0.25, -0.2) is 0 Å². The molecule has 4 aromatic rings. The summed E-state index contributed by atoms with van der Waals surface area (Å²) in [6.07, 6.45) is 0. The lowest BCUT2D eigenvalue weighted by atomic mass is 9.93. The lowest BCUT2D eigenvalue weighted by Gasteiger charge is -2.08. The fraction of sp³-hybridized carbons (Fsp3) is 0. The highest BCUT2D eigenvalue weighted by molar-refractivity contribution is 6.32. The number of imide groups is 1. The molecule has 5 rings (SSSR count). The summed E-state index contributed by atoms with van der Waals surface area (Å²) < 4.78 is 0. The highest BCUT2D eigenvalue weighted by atomic mass is 16.2. The second-order valence-corrected chi connectivity index (χ2v) is 5.92.